The number of nitrogens with one attached hydrogen (secondary N) is 1. The lowest BCUT2D eigenvalue weighted by molar-refractivity contribution is -0.137. The SMILES string of the molecule is COc1cc(C(F)(F)F)cc(F)c1-c1nc2ccccc2c(=O)[nH]1. The number of ether oxygens (including phenoxy) is 1. The molecule has 1 aromatic heterocycles. The molecule has 0 fully saturated rings. The van der Waals surface area contributed by atoms with Gasteiger partial charge in [-0.1, -0.05) is 12.1 Å². The molecule has 8 heteroatoms. The van der Waals surface area contributed by atoms with Crippen LogP contribution in [0.3, 0.4) is 0 Å². The molecule has 0 atom stereocenters. The Morgan fingerprint density at radius 1 is 1.17 bits per heavy atom. The topological polar surface area (TPSA) is 55.0 Å². The highest BCUT2D eigenvalue weighted by atomic mass is 19.4. The van der Waals surface area contributed by atoms with Crippen LogP contribution >= 0.6 is 0 Å². The predicted octanol–water partition coefficient (Wildman–Crippen LogP) is 3.76. The van der Waals surface area contributed by atoms with Crippen molar-refractivity contribution in [2.45, 2.75) is 6.18 Å². The molecule has 124 valence electrons. The standard InChI is InChI=1S/C16H10F4N2O2/c1-24-12-7-8(16(18,19)20)6-10(17)13(12)14-21-11-5-3-2-4-9(11)15(23)22-14/h2-7H,1H3,(H,21,22,23). The summed E-state index contributed by atoms with van der Waals surface area (Å²) in [7, 11) is 1.11. The molecule has 24 heavy (non-hydrogen) atoms. The number of H-pyrrole nitrogens is 1. The number of hydrogen-bond donors (Lipinski definition) is 1. The van der Waals surface area contributed by atoms with Gasteiger partial charge in [0.15, 0.2) is 0 Å². The third-order valence-corrected chi connectivity index (χ3v) is 3.45. The maximum absolute atomic E-state index is 14.3. The first-order chi connectivity index (χ1) is 11.3. The van der Waals surface area contributed by atoms with E-state index in [0.29, 0.717) is 12.1 Å². The van der Waals surface area contributed by atoms with Gasteiger partial charge in [0.05, 0.1) is 29.1 Å². The van der Waals surface area contributed by atoms with Crippen molar-refractivity contribution < 1.29 is 22.3 Å². The van der Waals surface area contributed by atoms with E-state index in [1.807, 2.05) is 0 Å². The highest BCUT2D eigenvalue weighted by Gasteiger charge is 2.33. The Morgan fingerprint density at radius 3 is 2.54 bits per heavy atom. The summed E-state index contributed by atoms with van der Waals surface area (Å²) in [6.45, 7) is 0. The largest absolute Gasteiger partial charge is 0.496 e. The maximum atomic E-state index is 14.3. The van der Waals surface area contributed by atoms with Gasteiger partial charge in [-0.2, -0.15) is 13.2 Å². The second kappa shape index (κ2) is 5.63. The summed E-state index contributed by atoms with van der Waals surface area (Å²) in [4.78, 5) is 18.6. The molecule has 0 saturated carbocycles. The van der Waals surface area contributed by atoms with E-state index in [2.05, 4.69) is 9.97 Å². The summed E-state index contributed by atoms with van der Waals surface area (Å²) in [6.07, 6.45) is -4.73. The summed E-state index contributed by atoms with van der Waals surface area (Å²) in [5.74, 6) is -1.78. The molecule has 0 aliphatic rings. The molecular weight excluding hydrogens is 328 g/mol. The number of aromatic amines is 1. The second-order valence-corrected chi connectivity index (χ2v) is 4.96. The van der Waals surface area contributed by atoms with Crippen molar-refractivity contribution in [3.8, 4) is 17.1 Å². The lowest BCUT2D eigenvalue weighted by atomic mass is 10.1. The normalized spacial score (nSPS) is 11.7. The number of alkyl halides is 3. The van der Waals surface area contributed by atoms with Crippen LogP contribution < -0.4 is 10.3 Å². The van der Waals surface area contributed by atoms with Crippen molar-refractivity contribution in [3.63, 3.8) is 0 Å². The molecular formula is C16H10F4N2O2. The monoisotopic (exact) mass is 338 g/mol. The number of benzene rings is 2. The van der Waals surface area contributed by atoms with Crippen LogP contribution in [0.2, 0.25) is 0 Å². The lowest BCUT2D eigenvalue weighted by Gasteiger charge is -2.13. The van der Waals surface area contributed by atoms with Crippen LogP contribution in [0.25, 0.3) is 22.3 Å². The van der Waals surface area contributed by atoms with Gasteiger partial charge in [0.25, 0.3) is 5.56 Å². The third-order valence-electron chi connectivity index (χ3n) is 3.45. The number of nitrogens with zero attached hydrogens (tertiary/aromatic N) is 1. The number of aromatic nitrogens is 2. The summed E-state index contributed by atoms with van der Waals surface area (Å²) in [5.41, 5.74) is -1.77. The summed E-state index contributed by atoms with van der Waals surface area (Å²) >= 11 is 0. The first-order valence-corrected chi connectivity index (χ1v) is 6.75. The Kier molecular flexibility index (Phi) is 3.75. The smallest absolute Gasteiger partial charge is 0.416 e. The summed E-state index contributed by atoms with van der Waals surface area (Å²) in [6, 6.07) is 7.35. The summed E-state index contributed by atoms with van der Waals surface area (Å²) in [5, 5.41) is 0.285. The molecule has 2 aromatic carbocycles. The summed E-state index contributed by atoms with van der Waals surface area (Å²) < 4.78 is 57.6. The zero-order chi connectivity index (χ0) is 17.5. The van der Waals surface area contributed by atoms with Crippen molar-refractivity contribution >= 4 is 10.9 Å². The van der Waals surface area contributed by atoms with Crippen LogP contribution in [0.5, 0.6) is 5.75 Å². The van der Waals surface area contributed by atoms with Crippen molar-refractivity contribution in [1.29, 1.82) is 0 Å². The minimum absolute atomic E-state index is 0.207. The molecule has 3 aromatic rings. The van der Waals surface area contributed by atoms with Gasteiger partial charge < -0.3 is 9.72 Å². The van der Waals surface area contributed by atoms with Crippen molar-refractivity contribution in [3.05, 3.63) is 58.1 Å². The van der Waals surface area contributed by atoms with Gasteiger partial charge in [-0.3, -0.25) is 4.79 Å². The quantitative estimate of drug-likeness (QED) is 0.724. The van der Waals surface area contributed by atoms with E-state index in [1.165, 1.54) is 6.07 Å². The van der Waals surface area contributed by atoms with Crippen LogP contribution in [0.4, 0.5) is 17.6 Å². The van der Waals surface area contributed by atoms with Gasteiger partial charge in [-0.05, 0) is 24.3 Å². The number of methoxy groups -OCH3 is 1. The fourth-order valence-corrected chi connectivity index (χ4v) is 2.34. The number of hydrogen-bond acceptors (Lipinski definition) is 3. The highest BCUT2D eigenvalue weighted by molar-refractivity contribution is 5.80. The minimum Gasteiger partial charge on any atom is -0.496 e. The molecule has 0 bridgehead atoms. The average molecular weight is 338 g/mol. The maximum Gasteiger partial charge on any atom is 0.416 e. The molecule has 4 nitrogen and oxygen atoms in total. The molecule has 0 aliphatic carbocycles. The first-order valence-electron chi connectivity index (χ1n) is 6.75. The van der Waals surface area contributed by atoms with E-state index in [-0.39, 0.29) is 28.0 Å². The molecule has 1 heterocycles. The Balaban J connectivity index is 2.28. The molecule has 0 radical (unpaired) electrons. The number of halogens is 4. The van der Waals surface area contributed by atoms with Crippen LogP contribution in [0, 0.1) is 5.82 Å². The minimum atomic E-state index is -4.73. The fraction of sp³-hybridized carbons (Fsp3) is 0.125. The predicted molar refractivity (Wildman–Crippen MR) is 79.3 cm³/mol. The van der Waals surface area contributed by atoms with Crippen molar-refractivity contribution in [2.24, 2.45) is 0 Å². The highest BCUT2D eigenvalue weighted by Crippen LogP contribution is 2.38. The number of rotatable bonds is 2. The first kappa shape index (κ1) is 16.0. The number of fused-ring (bicyclic) bond motifs is 1. The Morgan fingerprint density at radius 2 is 1.88 bits per heavy atom. The zero-order valence-electron chi connectivity index (χ0n) is 12.2. The lowest BCUT2D eigenvalue weighted by Crippen LogP contribution is -2.12. The van der Waals surface area contributed by atoms with Gasteiger partial charge in [0, 0.05) is 0 Å². The van der Waals surface area contributed by atoms with E-state index in [0.717, 1.165) is 7.11 Å². The molecule has 0 spiro atoms. The molecule has 3 rings (SSSR count). The average Bonchev–Trinajstić information content (AvgIpc) is 2.53. The third kappa shape index (κ3) is 2.70. The van der Waals surface area contributed by atoms with E-state index < -0.39 is 23.1 Å². The molecule has 0 unspecified atom stereocenters. The fourth-order valence-electron chi connectivity index (χ4n) is 2.34. The van der Waals surface area contributed by atoms with Gasteiger partial charge in [-0.25, -0.2) is 9.37 Å². The van der Waals surface area contributed by atoms with Gasteiger partial charge >= 0.3 is 6.18 Å². The molecule has 0 saturated heterocycles. The van der Waals surface area contributed by atoms with Crippen LogP contribution in [-0.4, -0.2) is 17.1 Å². The van der Waals surface area contributed by atoms with Crippen molar-refractivity contribution in [2.75, 3.05) is 7.11 Å². The van der Waals surface area contributed by atoms with Gasteiger partial charge in [-0.15, -0.1) is 0 Å². The number of para-hydroxylation sites is 1. The Hall–Kier alpha value is -2.90. The van der Waals surface area contributed by atoms with E-state index in [1.54, 1.807) is 18.2 Å². The molecule has 0 aliphatic heterocycles. The molecule has 0 amide bonds. The zero-order valence-corrected chi connectivity index (χ0v) is 12.2. The van der Waals surface area contributed by atoms with Gasteiger partial charge in [0.1, 0.15) is 17.4 Å². The second-order valence-electron chi connectivity index (χ2n) is 4.96. The molecule has 1 N–H and O–H groups in total. The van der Waals surface area contributed by atoms with E-state index >= 15 is 0 Å². The van der Waals surface area contributed by atoms with Gasteiger partial charge in [0.2, 0.25) is 0 Å². The van der Waals surface area contributed by atoms with Crippen LogP contribution in [0.1, 0.15) is 5.56 Å². The Labute approximate surface area is 132 Å². The van der Waals surface area contributed by atoms with Crippen LogP contribution in [0.15, 0.2) is 41.2 Å². The van der Waals surface area contributed by atoms with E-state index in [9.17, 15) is 22.4 Å². The van der Waals surface area contributed by atoms with Crippen LogP contribution in [-0.2, 0) is 6.18 Å². The van der Waals surface area contributed by atoms with Crippen molar-refractivity contribution in [1.82, 2.24) is 9.97 Å². The Bertz CT molecular complexity index is 980. The van der Waals surface area contributed by atoms with E-state index in [4.69, 9.17) is 4.74 Å².